The molecule has 1 N–H and O–H groups in total. The quantitative estimate of drug-likeness (QED) is 0.593. The lowest BCUT2D eigenvalue weighted by molar-refractivity contribution is -0.137. The summed E-state index contributed by atoms with van der Waals surface area (Å²) in [6.45, 7) is -0.0816. The lowest BCUT2D eigenvalue weighted by Gasteiger charge is -2.16. The molecule has 9 heteroatoms. The lowest BCUT2D eigenvalue weighted by Crippen LogP contribution is -2.26. The predicted molar refractivity (Wildman–Crippen MR) is 107 cm³/mol. The average Bonchev–Trinajstić information content (AvgIpc) is 3.24. The second-order valence-corrected chi connectivity index (χ2v) is 6.68. The first-order valence-corrected chi connectivity index (χ1v) is 9.20. The van der Waals surface area contributed by atoms with Gasteiger partial charge in [0.2, 0.25) is 0 Å². The minimum Gasteiger partial charge on any atom is -0.484 e. The van der Waals surface area contributed by atoms with Crippen molar-refractivity contribution in [3.8, 4) is 5.75 Å². The first-order chi connectivity index (χ1) is 14.7. The highest BCUT2D eigenvalue weighted by molar-refractivity contribution is 5.94. The highest BCUT2D eigenvalue weighted by Crippen LogP contribution is 2.30. The Morgan fingerprint density at radius 1 is 1.06 bits per heavy atom. The van der Waals surface area contributed by atoms with Gasteiger partial charge in [0.05, 0.1) is 18.4 Å². The van der Waals surface area contributed by atoms with Crippen LogP contribution < -0.4 is 10.1 Å². The van der Waals surface area contributed by atoms with Crippen LogP contribution in [0.5, 0.6) is 5.75 Å². The van der Waals surface area contributed by atoms with Crippen LogP contribution in [0.25, 0.3) is 0 Å². The summed E-state index contributed by atoms with van der Waals surface area (Å²) in [6.07, 6.45) is -2.97. The molecule has 0 bridgehead atoms. The predicted octanol–water partition coefficient (Wildman–Crippen LogP) is 4.59. The number of carbonyl (C=O) groups excluding carboxylic acids is 2. The molecule has 1 aromatic heterocycles. The van der Waals surface area contributed by atoms with E-state index >= 15 is 0 Å². The number of halogens is 3. The Labute approximate surface area is 176 Å². The summed E-state index contributed by atoms with van der Waals surface area (Å²) in [5.41, 5.74) is -0.415. The molecule has 1 heterocycles. The van der Waals surface area contributed by atoms with Gasteiger partial charge in [-0.15, -0.1) is 0 Å². The Kier molecular flexibility index (Phi) is 6.64. The van der Waals surface area contributed by atoms with Gasteiger partial charge in [-0.25, -0.2) is 0 Å². The molecule has 0 unspecified atom stereocenters. The smallest absolute Gasteiger partial charge is 0.416 e. The van der Waals surface area contributed by atoms with Crippen molar-refractivity contribution in [2.45, 2.75) is 12.7 Å². The van der Waals surface area contributed by atoms with Crippen molar-refractivity contribution in [3.05, 3.63) is 83.8 Å². The molecule has 0 fully saturated rings. The van der Waals surface area contributed by atoms with Crippen molar-refractivity contribution in [2.75, 3.05) is 19.0 Å². The van der Waals surface area contributed by atoms with Crippen LogP contribution in [-0.4, -0.2) is 30.4 Å². The van der Waals surface area contributed by atoms with E-state index in [0.717, 1.165) is 12.1 Å². The van der Waals surface area contributed by atoms with Crippen LogP contribution in [0.1, 0.15) is 21.7 Å². The summed E-state index contributed by atoms with van der Waals surface area (Å²) in [4.78, 5) is 25.9. The van der Waals surface area contributed by atoms with Gasteiger partial charge in [0.15, 0.2) is 6.61 Å². The third kappa shape index (κ3) is 6.11. The summed E-state index contributed by atoms with van der Waals surface area (Å²) in [5, 5.41) is 2.36. The molecule has 6 nitrogen and oxygen atoms in total. The van der Waals surface area contributed by atoms with E-state index in [2.05, 4.69) is 5.32 Å². The van der Waals surface area contributed by atoms with Gasteiger partial charge in [-0.05, 0) is 54.6 Å². The Hall–Kier alpha value is -3.75. The molecule has 3 rings (SSSR count). The van der Waals surface area contributed by atoms with Gasteiger partial charge in [0.25, 0.3) is 11.8 Å². The van der Waals surface area contributed by atoms with Crippen molar-refractivity contribution in [3.63, 3.8) is 0 Å². The monoisotopic (exact) mass is 432 g/mol. The van der Waals surface area contributed by atoms with Crippen LogP contribution in [0.2, 0.25) is 0 Å². The lowest BCUT2D eigenvalue weighted by atomic mass is 10.2. The second kappa shape index (κ2) is 9.38. The standard InChI is InChI=1S/C22H19F3N2O4/c1-27(13-19-6-3-11-30-19)21(29)15-7-9-18(10-8-15)31-14-20(28)26-17-5-2-4-16(12-17)22(23,24)25/h2-12H,13-14H2,1H3,(H,26,28). The third-order valence-electron chi connectivity index (χ3n) is 4.26. The van der Waals surface area contributed by atoms with Crippen molar-refractivity contribution in [1.82, 2.24) is 4.90 Å². The number of alkyl halides is 3. The first kappa shape index (κ1) is 21.9. The number of rotatable bonds is 7. The van der Waals surface area contributed by atoms with Crippen LogP contribution in [0, 0.1) is 0 Å². The van der Waals surface area contributed by atoms with E-state index in [4.69, 9.17) is 9.15 Å². The number of nitrogens with zero attached hydrogens (tertiary/aromatic N) is 1. The van der Waals surface area contributed by atoms with Crippen LogP contribution in [0.15, 0.2) is 71.3 Å². The van der Waals surface area contributed by atoms with Crippen LogP contribution in [0.3, 0.4) is 0 Å². The zero-order valence-corrected chi connectivity index (χ0v) is 16.5. The number of nitrogens with one attached hydrogen (secondary N) is 1. The molecule has 0 saturated carbocycles. The molecule has 0 saturated heterocycles. The maximum absolute atomic E-state index is 12.7. The fraction of sp³-hybridized carbons (Fsp3) is 0.182. The van der Waals surface area contributed by atoms with Gasteiger partial charge in [0, 0.05) is 18.3 Å². The van der Waals surface area contributed by atoms with E-state index in [0.29, 0.717) is 23.6 Å². The molecule has 162 valence electrons. The number of amides is 2. The van der Waals surface area contributed by atoms with Gasteiger partial charge in [-0.3, -0.25) is 9.59 Å². The Morgan fingerprint density at radius 3 is 2.45 bits per heavy atom. The molecular weight excluding hydrogens is 413 g/mol. The van der Waals surface area contributed by atoms with Crippen molar-refractivity contribution >= 4 is 17.5 Å². The molecule has 0 aliphatic carbocycles. The molecule has 0 aliphatic heterocycles. The summed E-state index contributed by atoms with van der Waals surface area (Å²) in [7, 11) is 1.65. The Morgan fingerprint density at radius 2 is 1.81 bits per heavy atom. The SMILES string of the molecule is CN(Cc1ccco1)C(=O)c1ccc(OCC(=O)Nc2cccc(C(F)(F)F)c2)cc1. The number of carbonyl (C=O) groups is 2. The first-order valence-electron chi connectivity index (χ1n) is 9.20. The topological polar surface area (TPSA) is 71.8 Å². The molecule has 0 radical (unpaired) electrons. The molecule has 3 aromatic rings. The number of benzene rings is 2. The van der Waals surface area contributed by atoms with Crippen molar-refractivity contribution in [2.24, 2.45) is 0 Å². The average molecular weight is 432 g/mol. The summed E-state index contributed by atoms with van der Waals surface area (Å²) < 4.78 is 48.8. The molecule has 2 amide bonds. The molecule has 2 aromatic carbocycles. The van der Waals surface area contributed by atoms with E-state index in [-0.39, 0.29) is 11.6 Å². The largest absolute Gasteiger partial charge is 0.484 e. The van der Waals surface area contributed by atoms with Crippen molar-refractivity contribution < 1.29 is 31.9 Å². The minimum absolute atomic E-state index is 0.0176. The third-order valence-corrected chi connectivity index (χ3v) is 4.26. The van der Waals surface area contributed by atoms with Gasteiger partial charge >= 0.3 is 6.18 Å². The summed E-state index contributed by atoms with van der Waals surface area (Å²) in [6, 6.07) is 14.0. The normalized spacial score (nSPS) is 11.1. The Bertz CT molecular complexity index is 1030. The number of furan rings is 1. The number of hydrogen-bond donors (Lipinski definition) is 1. The summed E-state index contributed by atoms with van der Waals surface area (Å²) in [5.74, 6) is 0.162. The zero-order valence-electron chi connectivity index (χ0n) is 16.5. The number of ether oxygens (including phenoxy) is 1. The van der Waals surface area contributed by atoms with Crippen LogP contribution in [-0.2, 0) is 17.5 Å². The molecule has 0 spiro atoms. The molecule has 0 atom stereocenters. The summed E-state index contributed by atoms with van der Waals surface area (Å²) >= 11 is 0. The number of anilines is 1. The maximum atomic E-state index is 12.7. The maximum Gasteiger partial charge on any atom is 0.416 e. The van der Waals surface area contributed by atoms with E-state index in [1.165, 1.54) is 35.4 Å². The number of hydrogen-bond acceptors (Lipinski definition) is 4. The zero-order chi connectivity index (χ0) is 22.4. The molecule has 31 heavy (non-hydrogen) atoms. The highest BCUT2D eigenvalue weighted by Gasteiger charge is 2.30. The van der Waals surface area contributed by atoms with E-state index < -0.39 is 24.3 Å². The Balaban J connectivity index is 1.52. The van der Waals surface area contributed by atoms with Gasteiger partial charge in [-0.2, -0.15) is 13.2 Å². The van der Waals surface area contributed by atoms with E-state index in [9.17, 15) is 22.8 Å². The highest BCUT2D eigenvalue weighted by atomic mass is 19.4. The van der Waals surface area contributed by atoms with Crippen LogP contribution >= 0.6 is 0 Å². The van der Waals surface area contributed by atoms with Crippen LogP contribution in [0.4, 0.5) is 18.9 Å². The molecular formula is C22H19F3N2O4. The van der Waals surface area contributed by atoms with Crippen molar-refractivity contribution in [1.29, 1.82) is 0 Å². The second-order valence-electron chi connectivity index (χ2n) is 6.68. The van der Waals surface area contributed by atoms with Gasteiger partial charge in [-0.1, -0.05) is 6.07 Å². The van der Waals surface area contributed by atoms with E-state index in [1.807, 2.05) is 0 Å². The van der Waals surface area contributed by atoms with Gasteiger partial charge < -0.3 is 19.4 Å². The van der Waals surface area contributed by atoms with Gasteiger partial charge in [0.1, 0.15) is 11.5 Å². The fourth-order valence-corrected chi connectivity index (χ4v) is 2.74. The van der Waals surface area contributed by atoms with E-state index in [1.54, 1.807) is 31.3 Å². The molecule has 0 aliphatic rings. The fourth-order valence-electron chi connectivity index (χ4n) is 2.74. The minimum atomic E-state index is -4.50.